The molecule has 3 aliphatic heterocycles. The molecule has 0 radical (unpaired) electrons. The highest BCUT2D eigenvalue weighted by atomic mass is 16.7. The van der Waals surface area contributed by atoms with E-state index in [9.17, 15) is 9.90 Å². The minimum Gasteiger partial charge on any atom is -0.481 e. The van der Waals surface area contributed by atoms with Crippen molar-refractivity contribution in [2.75, 3.05) is 20.3 Å². The van der Waals surface area contributed by atoms with Crippen molar-refractivity contribution in [2.24, 2.45) is 5.92 Å². The number of hydrogen-bond acceptors (Lipinski definition) is 8. The van der Waals surface area contributed by atoms with Crippen LogP contribution in [0.15, 0.2) is 54.8 Å². The number of carbonyl (C=O) groups is 1. The molecule has 198 valence electrons. The van der Waals surface area contributed by atoms with Crippen LogP contribution in [0, 0.1) is 5.92 Å². The molecule has 1 aromatic rings. The molecule has 36 heavy (non-hydrogen) atoms. The monoisotopic (exact) mass is 502 g/mol. The second kappa shape index (κ2) is 11.9. The van der Waals surface area contributed by atoms with Crippen LogP contribution in [0.4, 0.5) is 0 Å². The van der Waals surface area contributed by atoms with Gasteiger partial charge < -0.3 is 33.5 Å². The number of methoxy groups -OCH3 is 1. The number of ether oxygens (including phenoxy) is 6. The Morgan fingerprint density at radius 1 is 1.25 bits per heavy atom. The van der Waals surface area contributed by atoms with Gasteiger partial charge >= 0.3 is 5.97 Å². The van der Waals surface area contributed by atoms with Gasteiger partial charge in [0.25, 0.3) is 0 Å². The van der Waals surface area contributed by atoms with E-state index in [1.165, 1.54) is 7.11 Å². The highest BCUT2D eigenvalue weighted by Gasteiger charge is 2.48. The summed E-state index contributed by atoms with van der Waals surface area (Å²) in [6.45, 7) is 8.61. The van der Waals surface area contributed by atoms with Crippen LogP contribution in [0.1, 0.15) is 51.4 Å². The Balaban J connectivity index is 1.43. The lowest BCUT2D eigenvalue weighted by Crippen LogP contribution is -2.58. The third-order valence-electron chi connectivity index (χ3n) is 7.23. The van der Waals surface area contributed by atoms with Gasteiger partial charge in [0.05, 0.1) is 31.5 Å². The summed E-state index contributed by atoms with van der Waals surface area (Å²) in [5.74, 6) is -0.412. The molecular weight excluding hydrogens is 464 g/mol. The fraction of sp³-hybridized carbons (Fsp3) is 0.607. The van der Waals surface area contributed by atoms with Crippen molar-refractivity contribution in [1.29, 1.82) is 0 Å². The zero-order chi connectivity index (χ0) is 25.7. The SMILES string of the molecule is C=C[C@@H](C)[C@H]1OCCC[C@@H]1O/C(=C/C[C@@H]1O[C@@H]2CO[C@@H](c3ccccc3)O[C@H]2C[C@@]1(C)O)C(=O)OC. The second-order valence-corrected chi connectivity index (χ2v) is 10.00. The minimum absolute atomic E-state index is 0.0690. The van der Waals surface area contributed by atoms with Gasteiger partial charge in [0.15, 0.2) is 6.29 Å². The van der Waals surface area contributed by atoms with Gasteiger partial charge in [-0.25, -0.2) is 4.79 Å². The van der Waals surface area contributed by atoms with Crippen molar-refractivity contribution in [1.82, 2.24) is 0 Å². The van der Waals surface area contributed by atoms with Crippen LogP contribution in [0.3, 0.4) is 0 Å². The van der Waals surface area contributed by atoms with E-state index in [0.29, 0.717) is 19.6 Å². The molecule has 0 unspecified atom stereocenters. The number of carbonyl (C=O) groups excluding carboxylic acids is 1. The number of hydrogen-bond donors (Lipinski definition) is 1. The molecule has 3 aliphatic rings. The maximum Gasteiger partial charge on any atom is 0.372 e. The summed E-state index contributed by atoms with van der Waals surface area (Å²) in [5.41, 5.74) is -0.248. The van der Waals surface area contributed by atoms with Gasteiger partial charge in [-0.3, -0.25) is 0 Å². The van der Waals surface area contributed by atoms with Crippen LogP contribution >= 0.6 is 0 Å². The van der Waals surface area contributed by atoms with Gasteiger partial charge in [0.1, 0.15) is 18.3 Å². The predicted octanol–water partition coefficient (Wildman–Crippen LogP) is 3.84. The molecule has 1 aromatic carbocycles. The first-order valence-electron chi connectivity index (χ1n) is 12.7. The first-order chi connectivity index (χ1) is 17.3. The van der Waals surface area contributed by atoms with Gasteiger partial charge in [-0.1, -0.05) is 43.3 Å². The van der Waals surface area contributed by atoms with E-state index in [2.05, 4.69) is 6.58 Å². The summed E-state index contributed by atoms with van der Waals surface area (Å²) < 4.78 is 35.3. The molecule has 3 saturated heterocycles. The zero-order valence-corrected chi connectivity index (χ0v) is 21.3. The second-order valence-electron chi connectivity index (χ2n) is 10.00. The highest BCUT2D eigenvalue weighted by Crippen LogP contribution is 2.39. The van der Waals surface area contributed by atoms with Crippen LogP contribution in [0.2, 0.25) is 0 Å². The number of aliphatic hydroxyl groups is 1. The molecule has 3 fully saturated rings. The Labute approximate surface area is 213 Å². The number of fused-ring (bicyclic) bond motifs is 1. The van der Waals surface area contributed by atoms with Gasteiger partial charge in [0, 0.05) is 24.5 Å². The molecule has 0 aromatic heterocycles. The molecule has 0 spiro atoms. The first kappa shape index (κ1) is 26.8. The summed E-state index contributed by atoms with van der Waals surface area (Å²) in [6.07, 6.45) is 3.51. The molecular formula is C28H38O8. The summed E-state index contributed by atoms with van der Waals surface area (Å²) in [5, 5.41) is 11.2. The molecule has 4 rings (SSSR count). The highest BCUT2D eigenvalue weighted by molar-refractivity contribution is 5.86. The van der Waals surface area contributed by atoms with Crippen molar-refractivity contribution >= 4 is 5.97 Å². The predicted molar refractivity (Wildman–Crippen MR) is 132 cm³/mol. The third kappa shape index (κ3) is 6.18. The fourth-order valence-electron chi connectivity index (χ4n) is 5.06. The Bertz CT molecular complexity index is 913. The van der Waals surface area contributed by atoms with Crippen molar-refractivity contribution in [3.8, 4) is 0 Å². The number of rotatable bonds is 8. The molecule has 0 aliphatic carbocycles. The topological polar surface area (TPSA) is 92.7 Å². The summed E-state index contributed by atoms with van der Waals surface area (Å²) in [7, 11) is 1.32. The Hall–Kier alpha value is -2.23. The van der Waals surface area contributed by atoms with E-state index in [0.717, 1.165) is 18.4 Å². The average molecular weight is 503 g/mol. The average Bonchev–Trinajstić information content (AvgIpc) is 2.90. The Morgan fingerprint density at radius 2 is 2.03 bits per heavy atom. The Kier molecular flexibility index (Phi) is 8.85. The van der Waals surface area contributed by atoms with Crippen LogP contribution in [0.5, 0.6) is 0 Å². The molecule has 1 N–H and O–H groups in total. The molecule has 8 nitrogen and oxygen atoms in total. The molecule has 0 bridgehead atoms. The van der Waals surface area contributed by atoms with E-state index in [1.54, 1.807) is 13.0 Å². The van der Waals surface area contributed by atoms with Crippen molar-refractivity contribution < 1.29 is 38.3 Å². The van der Waals surface area contributed by atoms with Crippen LogP contribution in [-0.2, 0) is 33.2 Å². The van der Waals surface area contributed by atoms with Gasteiger partial charge in [-0.15, -0.1) is 6.58 Å². The lowest BCUT2D eigenvalue weighted by atomic mass is 9.84. The number of esters is 1. The van der Waals surface area contributed by atoms with E-state index in [-0.39, 0.29) is 42.5 Å². The van der Waals surface area contributed by atoms with E-state index in [1.807, 2.05) is 43.3 Å². The van der Waals surface area contributed by atoms with Crippen molar-refractivity contribution in [3.63, 3.8) is 0 Å². The van der Waals surface area contributed by atoms with E-state index < -0.39 is 24.0 Å². The van der Waals surface area contributed by atoms with Gasteiger partial charge in [-0.2, -0.15) is 0 Å². The number of benzene rings is 1. The van der Waals surface area contributed by atoms with Crippen LogP contribution in [-0.4, -0.2) is 67.5 Å². The molecule has 8 heteroatoms. The lowest BCUT2D eigenvalue weighted by molar-refractivity contribution is -0.315. The largest absolute Gasteiger partial charge is 0.481 e. The lowest BCUT2D eigenvalue weighted by Gasteiger charge is -2.48. The van der Waals surface area contributed by atoms with E-state index >= 15 is 0 Å². The zero-order valence-electron chi connectivity index (χ0n) is 21.3. The Morgan fingerprint density at radius 3 is 2.75 bits per heavy atom. The van der Waals surface area contributed by atoms with Crippen molar-refractivity contribution in [3.05, 3.63) is 60.4 Å². The van der Waals surface area contributed by atoms with Crippen LogP contribution < -0.4 is 0 Å². The normalized spacial score (nSPS) is 35.8. The summed E-state index contributed by atoms with van der Waals surface area (Å²) >= 11 is 0. The fourth-order valence-corrected chi connectivity index (χ4v) is 5.06. The third-order valence-corrected chi connectivity index (χ3v) is 7.23. The standard InChI is InChI=1S/C28H38O8/c1-5-18(2)25-20(12-9-15-32-25)34-21(26(29)31-4)13-14-24-28(3,30)16-22-23(35-24)17-33-27(36-22)19-10-7-6-8-11-19/h5-8,10-11,13,18,20,22-25,27,30H,1,9,12,14-17H2,2-4H3/b21-13+/t18-,20+,22+,23-,24+,25-,27-,28-/m1/s1. The minimum atomic E-state index is -1.18. The molecule has 3 heterocycles. The molecule has 8 atom stereocenters. The smallest absolute Gasteiger partial charge is 0.372 e. The summed E-state index contributed by atoms with van der Waals surface area (Å²) in [6, 6.07) is 9.71. The molecule has 0 saturated carbocycles. The summed E-state index contributed by atoms with van der Waals surface area (Å²) in [4.78, 5) is 12.5. The van der Waals surface area contributed by atoms with Crippen LogP contribution in [0.25, 0.3) is 0 Å². The molecule has 0 amide bonds. The van der Waals surface area contributed by atoms with Gasteiger partial charge in [-0.05, 0) is 32.3 Å². The van der Waals surface area contributed by atoms with E-state index in [4.69, 9.17) is 28.4 Å². The maximum absolute atomic E-state index is 12.5. The maximum atomic E-state index is 12.5. The van der Waals surface area contributed by atoms with Gasteiger partial charge in [0.2, 0.25) is 5.76 Å². The van der Waals surface area contributed by atoms with Crippen molar-refractivity contribution in [2.45, 2.75) is 81.9 Å². The first-order valence-corrected chi connectivity index (χ1v) is 12.7. The quantitative estimate of drug-likeness (QED) is 0.248.